The first-order valence-electron chi connectivity index (χ1n) is 9.98. The Balaban J connectivity index is 0.00000240. The van der Waals surface area contributed by atoms with Gasteiger partial charge in [-0.3, -0.25) is 0 Å². The van der Waals surface area contributed by atoms with Crippen LogP contribution in [0.25, 0.3) is 0 Å². The van der Waals surface area contributed by atoms with Crippen molar-refractivity contribution in [1.82, 2.24) is 0 Å². The third kappa shape index (κ3) is 5.45. The van der Waals surface area contributed by atoms with Crippen LogP contribution in [-0.4, -0.2) is 0 Å². The third-order valence-corrected chi connectivity index (χ3v) is 5.33. The third-order valence-electron chi connectivity index (χ3n) is 5.33. The van der Waals surface area contributed by atoms with Gasteiger partial charge in [0.2, 0.25) is 0 Å². The topological polar surface area (TPSA) is 0 Å². The van der Waals surface area contributed by atoms with Gasteiger partial charge in [0.15, 0.2) is 0 Å². The van der Waals surface area contributed by atoms with Crippen LogP contribution in [0.5, 0.6) is 0 Å². The summed E-state index contributed by atoms with van der Waals surface area (Å²) in [5.74, 6) is 1.81. The summed E-state index contributed by atoms with van der Waals surface area (Å²) >= 11 is 0. The largest absolute Gasteiger partial charge is 1.00 e. The Labute approximate surface area is 186 Å². The fraction of sp³-hybridized carbons (Fsp3) is 0.107. The van der Waals surface area contributed by atoms with Crippen molar-refractivity contribution in [1.29, 1.82) is 0 Å². The van der Waals surface area contributed by atoms with Crippen LogP contribution in [0.15, 0.2) is 121 Å². The number of benzene rings is 4. The van der Waals surface area contributed by atoms with Crippen molar-refractivity contribution < 1.29 is 18.9 Å². The van der Waals surface area contributed by atoms with E-state index in [0.717, 1.165) is 12.8 Å². The molecule has 138 valence electrons. The van der Waals surface area contributed by atoms with Crippen LogP contribution in [0.3, 0.4) is 0 Å². The molecule has 0 spiro atoms. The van der Waals surface area contributed by atoms with Crippen molar-refractivity contribution in [3.05, 3.63) is 149 Å². The van der Waals surface area contributed by atoms with Crippen LogP contribution in [-0.2, 0) is 0 Å². The molecule has 4 rings (SSSR count). The van der Waals surface area contributed by atoms with Crippen LogP contribution in [0, 0.1) is 5.92 Å². The molecular formula is C28H25Li. The quantitative estimate of drug-likeness (QED) is 0.338. The van der Waals surface area contributed by atoms with Gasteiger partial charge >= 0.3 is 18.9 Å². The molecule has 0 bridgehead atoms. The normalized spacial score (nSPS) is 10.4. The Kier molecular flexibility index (Phi) is 7.83. The van der Waals surface area contributed by atoms with Crippen molar-refractivity contribution in [3.8, 4) is 0 Å². The smallest absolute Gasteiger partial charge is 0.120 e. The standard InChI is InChI=1S/C28H25.Li/c1-5-13-23(14-6-1)27(24-15-7-2-8-16-24)21-22-28(25-17-9-3-10-18-25)26-19-11-4-12-20-26;/h1-20,27H,21-22H2;/q-1;+1. The maximum Gasteiger partial charge on any atom is 1.00 e. The molecule has 0 unspecified atom stereocenters. The molecule has 0 heterocycles. The second-order valence-electron chi connectivity index (χ2n) is 7.12. The summed E-state index contributed by atoms with van der Waals surface area (Å²) in [4.78, 5) is 0. The predicted molar refractivity (Wildman–Crippen MR) is 118 cm³/mol. The number of hydrogen-bond donors (Lipinski definition) is 0. The fourth-order valence-electron chi connectivity index (χ4n) is 3.92. The second-order valence-corrected chi connectivity index (χ2v) is 7.12. The molecule has 0 saturated carbocycles. The summed E-state index contributed by atoms with van der Waals surface area (Å²) in [5.41, 5.74) is 5.39. The number of rotatable bonds is 7. The molecule has 4 aromatic rings. The minimum atomic E-state index is 0. The summed E-state index contributed by atoms with van der Waals surface area (Å²) in [6.45, 7) is 0. The van der Waals surface area contributed by atoms with Gasteiger partial charge in [-0.15, -0.1) is 41.3 Å². The van der Waals surface area contributed by atoms with Crippen LogP contribution < -0.4 is 18.9 Å². The first-order valence-corrected chi connectivity index (χ1v) is 9.98. The Bertz CT molecular complexity index is 788. The SMILES string of the molecule is [Li+].c1ccc([C-](CCC(c2ccccc2)c2ccccc2)c2ccccc2)cc1. The van der Waals surface area contributed by atoms with E-state index < -0.39 is 0 Å². The van der Waals surface area contributed by atoms with Gasteiger partial charge in [0.1, 0.15) is 0 Å². The van der Waals surface area contributed by atoms with E-state index in [0.29, 0.717) is 5.92 Å². The van der Waals surface area contributed by atoms with Crippen LogP contribution in [0.2, 0.25) is 0 Å². The van der Waals surface area contributed by atoms with E-state index in [4.69, 9.17) is 0 Å². The van der Waals surface area contributed by atoms with Crippen molar-refractivity contribution >= 4 is 0 Å². The number of hydrogen-bond acceptors (Lipinski definition) is 0. The van der Waals surface area contributed by atoms with Crippen molar-refractivity contribution in [3.63, 3.8) is 0 Å². The molecule has 0 aromatic heterocycles. The second kappa shape index (κ2) is 10.8. The first-order chi connectivity index (χ1) is 13.9. The van der Waals surface area contributed by atoms with Gasteiger partial charge in [0.05, 0.1) is 0 Å². The molecule has 0 N–H and O–H groups in total. The zero-order valence-corrected chi connectivity index (χ0v) is 17.0. The van der Waals surface area contributed by atoms with Crippen LogP contribution in [0.4, 0.5) is 0 Å². The average Bonchev–Trinajstić information content (AvgIpc) is 2.79. The summed E-state index contributed by atoms with van der Waals surface area (Å²) in [6, 6.07) is 43.4. The maximum atomic E-state index is 2.25. The van der Waals surface area contributed by atoms with Crippen LogP contribution >= 0.6 is 0 Å². The molecule has 0 fully saturated rings. The molecule has 0 nitrogen and oxygen atoms in total. The van der Waals surface area contributed by atoms with Crippen LogP contribution in [0.1, 0.15) is 41.0 Å². The Morgan fingerprint density at radius 3 is 1.21 bits per heavy atom. The molecular weight excluding hydrogens is 343 g/mol. The van der Waals surface area contributed by atoms with E-state index in [9.17, 15) is 0 Å². The van der Waals surface area contributed by atoms with Gasteiger partial charge < -0.3 is 0 Å². The minimum Gasteiger partial charge on any atom is -0.120 e. The molecule has 0 aliphatic rings. The molecule has 0 saturated heterocycles. The van der Waals surface area contributed by atoms with Gasteiger partial charge in [-0.05, 0) is 17.5 Å². The molecule has 0 aliphatic heterocycles. The molecule has 4 aromatic carbocycles. The van der Waals surface area contributed by atoms with Gasteiger partial charge in [-0.1, -0.05) is 103 Å². The average molecular weight is 368 g/mol. The zero-order chi connectivity index (χ0) is 19.0. The molecule has 0 amide bonds. The first kappa shape index (κ1) is 21.1. The summed E-state index contributed by atoms with van der Waals surface area (Å²) in [7, 11) is 0. The Morgan fingerprint density at radius 2 is 0.828 bits per heavy atom. The van der Waals surface area contributed by atoms with E-state index in [2.05, 4.69) is 121 Å². The summed E-state index contributed by atoms with van der Waals surface area (Å²) in [5, 5.41) is 0. The van der Waals surface area contributed by atoms with E-state index >= 15 is 0 Å². The van der Waals surface area contributed by atoms with Crippen molar-refractivity contribution in [2.45, 2.75) is 18.8 Å². The van der Waals surface area contributed by atoms with E-state index in [-0.39, 0.29) is 18.9 Å². The van der Waals surface area contributed by atoms with Gasteiger partial charge in [0, 0.05) is 5.92 Å². The molecule has 0 radical (unpaired) electrons. The monoisotopic (exact) mass is 368 g/mol. The van der Waals surface area contributed by atoms with Gasteiger partial charge in [-0.25, -0.2) is 0 Å². The van der Waals surface area contributed by atoms with Gasteiger partial charge in [-0.2, -0.15) is 0 Å². The molecule has 1 heteroatoms. The van der Waals surface area contributed by atoms with E-state index in [1.54, 1.807) is 0 Å². The molecule has 0 aliphatic carbocycles. The van der Waals surface area contributed by atoms with E-state index in [1.165, 1.54) is 28.2 Å². The van der Waals surface area contributed by atoms with Crippen molar-refractivity contribution in [2.75, 3.05) is 0 Å². The van der Waals surface area contributed by atoms with E-state index in [1.807, 2.05) is 0 Å². The van der Waals surface area contributed by atoms with Gasteiger partial charge in [0.25, 0.3) is 0 Å². The fourth-order valence-corrected chi connectivity index (χ4v) is 3.92. The Morgan fingerprint density at radius 1 is 0.483 bits per heavy atom. The predicted octanol–water partition coefficient (Wildman–Crippen LogP) is 4.27. The summed E-state index contributed by atoms with van der Waals surface area (Å²) < 4.78 is 0. The Hall–Kier alpha value is -2.65. The zero-order valence-electron chi connectivity index (χ0n) is 17.0. The molecule has 29 heavy (non-hydrogen) atoms. The minimum absolute atomic E-state index is 0. The van der Waals surface area contributed by atoms with Crippen molar-refractivity contribution in [2.24, 2.45) is 0 Å². The maximum absolute atomic E-state index is 2.25. The molecule has 0 atom stereocenters. The summed E-state index contributed by atoms with van der Waals surface area (Å²) in [6.07, 6.45) is 2.11.